The third-order valence-corrected chi connectivity index (χ3v) is 6.78. The number of hydrogen-bond donors (Lipinski definition) is 1. The van der Waals surface area contributed by atoms with Gasteiger partial charge in [0.05, 0.1) is 5.69 Å². The van der Waals surface area contributed by atoms with Crippen LogP contribution in [0.2, 0.25) is 0 Å². The first-order valence-corrected chi connectivity index (χ1v) is 11.2. The molecule has 1 amide bonds. The van der Waals surface area contributed by atoms with Gasteiger partial charge in [-0.1, -0.05) is 41.7 Å². The van der Waals surface area contributed by atoms with Crippen LogP contribution in [-0.2, 0) is 6.54 Å². The van der Waals surface area contributed by atoms with Gasteiger partial charge in [0.15, 0.2) is 5.13 Å². The number of carbonyl (C=O) groups is 1. The van der Waals surface area contributed by atoms with E-state index in [1.165, 1.54) is 29.7 Å². The first-order valence-electron chi connectivity index (χ1n) is 10.3. The van der Waals surface area contributed by atoms with Gasteiger partial charge in [0.2, 0.25) is 0 Å². The van der Waals surface area contributed by atoms with Crippen molar-refractivity contribution in [2.24, 2.45) is 5.92 Å². The molecule has 6 heteroatoms. The molecule has 3 heterocycles. The molecule has 1 N–H and O–H groups in total. The van der Waals surface area contributed by atoms with Crippen molar-refractivity contribution in [3.8, 4) is 5.13 Å². The molecule has 0 unspecified atom stereocenters. The Balaban J connectivity index is 1.20. The molecule has 2 aromatic heterocycles. The normalized spacial score (nSPS) is 15.5. The van der Waals surface area contributed by atoms with E-state index in [0.29, 0.717) is 10.8 Å². The average Bonchev–Trinajstić information content (AvgIpc) is 3.40. The third kappa shape index (κ3) is 5.14. The van der Waals surface area contributed by atoms with Crippen LogP contribution in [0.1, 0.15) is 40.2 Å². The fourth-order valence-electron chi connectivity index (χ4n) is 3.91. The second-order valence-corrected chi connectivity index (χ2v) is 8.73. The number of rotatable bonds is 7. The Morgan fingerprint density at radius 2 is 1.86 bits per heavy atom. The molecule has 4 rings (SSSR count). The molecule has 0 atom stereocenters. The van der Waals surface area contributed by atoms with Crippen LogP contribution < -0.4 is 5.32 Å². The Hall–Kier alpha value is -2.44. The maximum atomic E-state index is 12.6. The maximum Gasteiger partial charge on any atom is 0.263 e. The van der Waals surface area contributed by atoms with Crippen LogP contribution in [0.15, 0.2) is 54.9 Å². The highest BCUT2D eigenvalue weighted by Gasteiger charge is 2.20. The van der Waals surface area contributed by atoms with Gasteiger partial charge in [-0.05, 0) is 62.9 Å². The summed E-state index contributed by atoms with van der Waals surface area (Å²) in [4.78, 5) is 20.4. The summed E-state index contributed by atoms with van der Waals surface area (Å²) in [5.74, 6) is 0.695. The summed E-state index contributed by atoms with van der Waals surface area (Å²) in [5.41, 5.74) is 2.18. The summed E-state index contributed by atoms with van der Waals surface area (Å²) in [6, 6.07) is 14.6. The zero-order chi connectivity index (χ0) is 20.1. The number of nitrogens with zero attached hydrogens (tertiary/aromatic N) is 3. The molecule has 29 heavy (non-hydrogen) atoms. The molecule has 0 bridgehead atoms. The first-order chi connectivity index (χ1) is 14.2. The zero-order valence-corrected chi connectivity index (χ0v) is 17.7. The van der Waals surface area contributed by atoms with E-state index in [1.54, 1.807) is 0 Å². The van der Waals surface area contributed by atoms with Crippen molar-refractivity contribution in [2.75, 3.05) is 19.6 Å². The summed E-state index contributed by atoms with van der Waals surface area (Å²) < 4.78 is 1.94. The number of piperidine rings is 1. The Labute approximate surface area is 176 Å². The molecule has 1 fully saturated rings. The van der Waals surface area contributed by atoms with Crippen molar-refractivity contribution < 1.29 is 4.79 Å². The molecule has 0 spiro atoms. The monoisotopic (exact) mass is 408 g/mol. The minimum atomic E-state index is -0.0000744. The molecule has 5 nitrogen and oxygen atoms in total. The van der Waals surface area contributed by atoms with E-state index in [1.807, 2.05) is 36.0 Å². The van der Waals surface area contributed by atoms with E-state index in [0.717, 1.165) is 43.4 Å². The molecule has 0 saturated carbocycles. The van der Waals surface area contributed by atoms with Crippen LogP contribution in [0.25, 0.3) is 5.13 Å². The van der Waals surface area contributed by atoms with Gasteiger partial charge in [0.1, 0.15) is 4.88 Å². The second-order valence-electron chi connectivity index (χ2n) is 7.75. The van der Waals surface area contributed by atoms with Crippen LogP contribution in [-0.4, -0.2) is 40.0 Å². The number of amides is 1. The standard InChI is InChI=1S/C23H28N4OS/c1-18-21(29-23(25-18)27-13-5-6-14-27)22(28)24-12-9-19-10-15-26(16-11-19)17-20-7-3-2-4-8-20/h2-8,13-14,19H,9-12,15-17H2,1H3,(H,24,28). The van der Waals surface area contributed by atoms with E-state index in [-0.39, 0.29) is 5.91 Å². The predicted molar refractivity (Wildman–Crippen MR) is 118 cm³/mol. The van der Waals surface area contributed by atoms with Crippen LogP contribution in [0.4, 0.5) is 0 Å². The lowest BCUT2D eigenvalue weighted by Gasteiger charge is -2.32. The summed E-state index contributed by atoms with van der Waals surface area (Å²) in [5, 5.41) is 3.94. The Morgan fingerprint density at radius 3 is 2.59 bits per heavy atom. The molecular weight excluding hydrogens is 380 g/mol. The highest BCUT2D eigenvalue weighted by atomic mass is 32.1. The van der Waals surface area contributed by atoms with Gasteiger partial charge >= 0.3 is 0 Å². The number of carbonyl (C=O) groups excluding carboxylic acids is 1. The molecule has 1 aliphatic heterocycles. The summed E-state index contributed by atoms with van der Waals surface area (Å²) in [6.07, 6.45) is 7.36. The second kappa shape index (κ2) is 9.37. The smallest absolute Gasteiger partial charge is 0.263 e. The van der Waals surface area contributed by atoms with E-state index in [4.69, 9.17) is 0 Å². The van der Waals surface area contributed by atoms with Crippen LogP contribution in [0, 0.1) is 12.8 Å². The molecule has 1 aromatic carbocycles. The SMILES string of the molecule is Cc1nc(-n2cccc2)sc1C(=O)NCCC1CCN(Cc2ccccc2)CC1. The number of hydrogen-bond acceptors (Lipinski definition) is 4. The summed E-state index contributed by atoms with van der Waals surface area (Å²) >= 11 is 1.45. The fraction of sp³-hybridized carbons (Fsp3) is 0.391. The van der Waals surface area contributed by atoms with Crippen molar-refractivity contribution in [1.82, 2.24) is 19.8 Å². The van der Waals surface area contributed by atoms with Gasteiger partial charge < -0.3 is 9.88 Å². The van der Waals surface area contributed by atoms with E-state index < -0.39 is 0 Å². The van der Waals surface area contributed by atoms with Gasteiger partial charge in [-0.3, -0.25) is 9.69 Å². The maximum absolute atomic E-state index is 12.6. The number of likely N-dealkylation sites (tertiary alicyclic amines) is 1. The highest BCUT2D eigenvalue weighted by Crippen LogP contribution is 2.23. The number of benzene rings is 1. The Kier molecular flexibility index (Phi) is 6.42. The summed E-state index contributed by atoms with van der Waals surface area (Å²) in [7, 11) is 0. The summed E-state index contributed by atoms with van der Waals surface area (Å²) in [6.45, 7) is 5.96. The Morgan fingerprint density at radius 1 is 1.14 bits per heavy atom. The molecule has 0 radical (unpaired) electrons. The minimum absolute atomic E-state index is 0.0000744. The first kappa shape index (κ1) is 19.9. The van der Waals surface area contributed by atoms with Gasteiger partial charge in [-0.15, -0.1) is 0 Å². The average molecular weight is 409 g/mol. The van der Waals surface area contributed by atoms with Crippen LogP contribution in [0.3, 0.4) is 0 Å². The molecule has 152 valence electrons. The molecular formula is C23H28N4OS. The van der Waals surface area contributed by atoms with Gasteiger partial charge in [0, 0.05) is 25.5 Å². The molecule has 0 aliphatic carbocycles. The lowest BCUT2D eigenvalue weighted by Crippen LogP contribution is -2.34. The Bertz CT molecular complexity index is 912. The quantitative estimate of drug-likeness (QED) is 0.635. The molecule has 1 aliphatic rings. The zero-order valence-electron chi connectivity index (χ0n) is 16.9. The van der Waals surface area contributed by atoms with Gasteiger partial charge in [0.25, 0.3) is 5.91 Å². The van der Waals surface area contributed by atoms with Crippen molar-refractivity contribution in [2.45, 2.75) is 32.7 Å². The van der Waals surface area contributed by atoms with Crippen molar-refractivity contribution >= 4 is 17.2 Å². The van der Waals surface area contributed by atoms with Gasteiger partial charge in [-0.25, -0.2) is 4.98 Å². The highest BCUT2D eigenvalue weighted by molar-refractivity contribution is 7.16. The van der Waals surface area contributed by atoms with Crippen molar-refractivity contribution in [1.29, 1.82) is 0 Å². The van der Waals surface area contributed by atoms with Crippen molar-refractivity contribution in [3.63, 3.8) is 0 Å². The largest absolute Gasteiger partial charge is 0.351 e. The number of aryl methyl sites for hydroxylation is 1. The van der Waals surface area contributed by atoms with E-state index >= 15 is 0 Å². The van der Waals surface area contributed by atoms with Crippen molar-refractivity contribution in [3.05, 3.63) is 71.0 Å². The van der Waals surface area contributed by atoms with E-state index in [9.17, 15) is 4.79 Å². The number of nitrogens with one attached hydrogen (secondary N) is 1. The molecule has 1 saturated heterocycles. The topological polar surface area (TPSA) is 50.2 Å². The molecule has 3 aromatic rings. The number of aromatic nitrogens is 2. The van der Waals surface area contributed by atoms with Crippen LogP contribution in [0.5, 0.6) is 0 Å². The van der Waals surface area contributed by atoms with Gasteiger partial charge in [-0.2, -0.15) is 0 Å². The van der Waals surface area contributed by atoms with Crippen LogP contribution >= 0.6 is 11.3 Å². The lowest BCUT2D eigenvalue weighted by atomic mass is 9.93. The van der Waals surface area contributed by atoms with E-state index in [2.05, 4.69) is 45.5 Å². The lowest BCUT2D eigenvalue weighted by molar-refractivity contribution is 0.0951. The fourth-order valence-corrected chi connectivity index (χ4v) is 4.86. The minimum Gasteiger partial charge on any atom is -0.351 e. The number of thiazole rings is 1. The third-order valence-electron chi connectivity index (χ3n) is 5.61. The predicted octanol–water partition coefficient (Wildman–Crippen LogP) is 4.27.